The van der Waals surface area contributed by atoms with Crippen LogP contribution in [0, 0.1) is 21.7 Å². The van der Waals surface area contributed by atoms with Crippen LogP contribution >= 0.6 is 46.4 Å². The van der Waals surface area contributed by atoms with Crippen molar-refractivity contribution < 1.29 is 56.6 Å². The Kier molecular flexibility index (Phi) is 18.3. The van der Waals surface area contributed by atoms with Crippen LogP contribution in [0.25, 0.3) is 0 Å². The third kappa shape index (κ3) is 11.0. The number of rotatable bonds is 8. The number of aliphatic hydroxyl groups is 3. The van der Waals surface area contributed by atoms with Crippen molar-refractivity contribution in [3.8, 4) is 0 Å². The fraction of sp³-hybridized carbons (Fsp3) is 0.604. The van der Waals surface area contributed by atoms with Crippen LogP contribution in [0.4, 0.5) is 40.3 Å². The predicted molar refractivity (Wildman–Crippen MR) is 285 cm³/mol. The van der Waals surface area contributed by atoms with Crippen LogP contribution in [-0.2, 0) is 49.4 Å². The SMILES string of the molecule is CC(=O)C1(CF)Cc2ncc(Cl)cc2N2CCOCC21.OCC1(CF)Cc2ncc(Cl)cc2N2CCOCC21.OC[C@@]1(CF)Cc2ncc(Cl)cc2N2CCOC[C@H]21.OC[C@]1(CF)Cc2ncc(Cl)cc2N2CCOC[C@@H]21. The van der Waals surface area contributed by atoms with E-state index in [4.69, 9.17) is 65.4 Å². The van der Waals surface area contributed by atoms with Crippen molar-refractivity contribution in [1.82, 2.24) is 19.9 Å². The Morgan fingerprint density at radius 2 is 0.766 bits per heavy atom. The Hall–Kier alpha value is -3.93. The molecule has 8 aliphatic rings. The molecule has 0 bridgehead atoms. The highest BCUT2D eigenvalue weighted by Crippen LogP contribution is 2.47. The number of Topliss-reactive ketones (excluding diaryl/α,β-unsaturated/α-hetero) is 1. The lowest BCUT2D eigenvalue weighted by Gasteiger charge is -2.51. The quantitative estimate of drug-likeness (QED) is 0.166. The summed E-state index contributed by atoms with van der Waals surface area (Å²) in [7, 11) is 0. The lowest BCUT2D eigenvalue weighted by Crippen LogP contribution is -2.62. The van der Waals surface area contributed by atoms with Crippen LogP contribution in [0.15, 0.2) is 49.1 Å². The average molecular weight is 1160 g/mol. The van der Waals surface area contributed by atoms with Gasteiger partial charge in [0.05, 0.1) is 204 Å². The maximum absolute atomic E-state index is 13.8. The van der Waals surface area contributed by atoms with Gasteiger partial charge in [-0.3, -0.25) is 37.9 Å². The Balaban J connectivity index is 0.000000125. The highest BCUT2D eigenvalue weighted by Gasteiger charge is 2.53. The second-order valence-corrected chi connectivity index (χ2v) is 22.9. The highest BCUT2D eigenvalue weighted by atomic mass is 35.5. The van der Waals surface area contributed by atoms with Crippen LogP contribution in [0.3, 0.4) is 0 Å². The van der Waals surface area contributed by atoms with Gasteiger partial charge in [-0.15, -0.1) is 0 Å². The molecule has 4 aromatic heterocycles. The van der Waals surface area contributed by atoms with Crippen LogP contribution in [0.1, 0.15) is 29.7 Å². The molecule has 0 amide bonds. The first-order chi connectivity index (χ1) is 37.2. The van der Waals surface area contributed by atoms with E-state index in [1.54, 1.807) is 24.8 Å². The van der Waals surface area contributed by atoms with Gasteiger partial charge in [0.2, 0.25) is 0 Å². The number of halogens is 8. The van der Waals surface area contributed by atoms with Gasteiger partial charge in [0, 0.05) is 76.6 Å². The molecule has 420 valence electrons. The first-order valence-electron chi connectivity index (χ1n) is 25.7. The van der Waals surface area contributed by atoms with E-state index in [0.717, 1.165) is 45.5 Å². The second kappa shape index (κ2) is 24.4. The van der Waals surface area contributed by atoms with Gasteiger partial charge in [-0.05, 0) is 31.2 Å². The monoisotopic (exact) mass is 1160 g/mol. The smallest absolute Gasteiger partial charge is 0.141 e. The molecule has 0 aliphatic carbocycles. The van der Waals surface area contributed by atoms with Crippen molar-refractivity contribution in [2.24, 2.45) is 21.7 Å². The summed E-state index contributed by atoms with van der Waals surface area (Å²) in [6, 6.07) is 6.65. The molecule has 8 atom stereocenters. The number of hydrogen-bond donors (Lipinski definition) is 3. The van der Waals surface area contributed by atoms with Crippen molar-refractivity contribution in [2.45, 2.75) is 56.8 Å². The van der Waals surface area contributed by atoms with E-state index in [9.17, 15) is 37.7 Å². The van der Waals surface area contributed by atoms with Gasteiger partial charge in [-0.1, -0.05) is 46.4 Å². The number of carbonyl (C=O) groups is 1. The summed E-state index contributed by atoms with van der Waals surface area (Å²) in [6.07, 6.45) is 7.80. The summed E-state index contributed by atoms with van der Waals surface area (Å²) in [6.45, 7) is 4.97. The molecule has 16 nitrogen and oxygen atoms in total. The number of pyridine rings is 4. The third-order valence-corrected chi connectivity index (χ3v) is 17.7. The zero-order valence-electron chi connectivity index (χ0n) is 42.7. The first-order valence-corrected chi connectivity index (χ1v) is 27.2. The fourth-order valence-corrected chi connectivity index (χ4v) is 12.9. The van der Waals surface area contributed by atoms with Crippen molar-refractivity contribution in [2.75, 3.05) is 145 Å². The van der Waals surface area contributed by atoms with Gasteiger partial charge in [0.1, 0.15) is 12.5 Å². The van der Waals surface area contributed by atoms with Crippen molar-refractivity contribution >= 4 is 74.9 Å². The Bertz CT molecular complexity index is 2510. The van der Waals surface area contributed by atoms with E-state index in [2.05, 4.69) is 34.6 Å². The second-order valence-electron chi connectivity index (χ2n) is 21.1. The first kappa shape index (κ1) is 57.7. The van der Waals surface area contributed by atoms with E-state index in [1.807, 2.05) is 29.2 Å². The summed E-state index contributed by atoms with van der Waals surface area (Å²) < 4.78 is 76.4. The number of carbonyl (C=O) groups excluding carboxylic acids is 1. The van der Waals surface area contributed by atoms with E-state index in [-0.39, 0.29) is 49.8 Å². The largest absolute Gasteiger partial charge is 0.396 e. The summed E-state index contributed by atoms with van der Waals surface area (Å²) >= 11 is 24.0. The molecular formula is C53H64Cl4F4N8O8. The molecule has 3 N–H and O–H groups in total. The number of ether oxygens (including phenoxy) is 4. The number of aromatic nitrogens is 4. The van der Waals surface area contributed by atoms with Crippen LogP contribution in [0.5, 0.6) is 0 Å². The number of morpholine rings is 4. The van der Waals surface area contributed by atoms with Crippen LogP contribution in [-0.4, -0.2) is 191 Å². The number of alkyl halides is 4. The molecule has 4 fully saturated rings. The number of aliphatic hydroxyl groups excluding tert-OH is 3. The average Bonchev–Trinajstić information content (AvgIpc) is 3.49. The van der Waals surface area contributed by atoms with E-state index >= 15 is 0 Å². The number of ketones is 1. The summed E-state index contributed by atoms with van der Waals surface area (Å²) in [4.78, 5) is 37.6. The summed E-state index contributed by atoms with van der Waals surface area (Å²) in [5.74, 6) is -0.150. The van der Waals surface area contributed by atoms with Crippen molar-refractivity contribution in [3.63, 3.8) is 0 Å². The normalized spacial score (nSPS) is 29.6. The minimum absolute atomic E-state index is 0.150. The number of fused-ring (bicyclic) bond motifs is 12. The fourth-order valence-electron chi connectivity index (χ4n) is 12.3. The van der Waals surface area contributed by atoms with Crippen molar-refractivity contribution in [3.05, 3.63) is 91.9 Å². The molecule has 4 saturated heterocycles. The maximum Gasteiger partial charge on any atom is 0.141 e. The topological polar surface area (TPSA) is 179 Å². The number of hydrogen-bond acceptors (Lipinski definition) is 16. The third-order valence-electron chi connectivity index (χ3n) is 16.9. The van der Waals surface area contributed by atoms with Gasteiger partial charge in [0.15, 0.2) is 0 Å². The Morgan fingerprint density at radius 3 is 1.03 bits per heavy atom. The van der Waals surface area contributed by atoms with E-state index < -0.39 is 48.4 Å². The van der Waals surface area contributed by atoms with Gasteiger partial charge in [-0.2, -0.15) is 0 Å². The molecule has 12 heterocycles. The molecule has 12 rings (SSSR count). The minimum Gasteiger partial charge on any atom is -0.396 e. The van der Waals surface area contributed by atoms with E-state index in [0.29, 0.717) is 125 Å². The highest BCUT2D eigenvalue weighted by molar-refractivity contribution is 6.31. The lowest BCUT2D eigenvalue weighted by atomic mass is 9.70. The minimum atomic E-state index is -1.06. The summed E-state index contributed by atoms with van der Waals surface area (Å²) in [5.41, 5.74) is 3.33. The standard InChI is InChI=1S/C14H16ClFN2O2.3C13H16ClFN2O2/c1-9(19)14(8-16)5-11-12(4-10(15)6-17-11)18-2-3-20-7-13(14)18;3*14-9-3-11-10(16-5-9)4-13(7-15,8-18)12-6-19-2-1-17(11)12/h4,6,13H,2-3,5,7-8H2,1H3;3*3,5,12,18H,1-2,4,6-8H2/t;2*12-,13-;/m.10./s1. The summed E-state index contributed by atoms with van der Waals surface area (Å²) in [5, 5.41) is 31.3. The molecule has 24 heteroatoms. The zero-order chi connectivity index (χ0) is 54.7. The maximum atomic E-state index is 13.8. The molecule has 0 aromatic carbocycles. The number of anilines is 4. The molecule has 4 unspecified atom stereocenters. The molecule has 0 spiro atoms. The molecule has 4 aromatic rings. The van der Waals surface area contributed by atoms with Crippen LogP contribution < -0.4 is 19.6 Å². The molecular weight excluding hydrogens is 1090 g/mol. The lowest BCUT2D eigenvalue weighted by molar-refractivity contribution is -0.131. The Labute approximate surface area is 464 Å². The molecule has 0 saturated carbocycles. The number of nitrogens with zero attached hydrogens (tertiary/aromatic N) is 8. The molecule has 0 radical (unpaired) electrons. The van der Waals surface area contributed by atoms with Gasteiger partial charge in [0.25, 0.3) is 0 Å². The Morgan fingerprint density at radius 1 is 0.494 bits per heavy atom. The van der Waals surface area contributed by atoms with Gasteiger partial charge < -0.3 is 53.9 Å². The molecule has 8 aliphatic heterocycles. The predicted octanol–water partition coefficient (Wildman–Crippen LogP) is 6.37. The van der Waals surface area contributed by atoms with Gasteiger partial charge >= 0.3 is 0 Å². The van der Waals surface area contributed by atoms with Crippen LogP contribution in [0.2, 0.25) is 20.1 Å². The molecule has 77 heavy (non-hydrogen) atoms. The van der Waals surface area contributed by atoms with Gasteiger partial charge in [-0.25, -0.2) is 4.39 Å². The van der Waals surface area contributed by atoms with Crippen molar-refractivity contribution in [1.29, 1.82) is 0 Å². The zero-order valence-corrected chi connectivity index (χ0v) is 45.7. The van der Waals surface area contributed by atoms with E-state index in [1.165, 1.54) is 6.92 Å².